The van der Waals surface area contributed by atoms with Gasteiger partial charge in [-0.15, -0.1) is 0 Å². The van der Waals surface area contributed by atoms with Gasteiger partial charge in [-0.1, -0.05) is 24.3 Å². The number of rotatable bonds is 5. The molecule has 2 heterocycles. The molecule has 0 radical (unpaired) electrons. The average Bonchev–Trinajstić information content (AvgIpc) is 3.11. The van der Waals surface area contributed by atoms with Crippen molar-refractivity contribution in [2.75, 3.05) is 0 Å². The van der Waals surface area contributed by atoms with Crippen LogP contribution in [0.25, 0.3) is 11.1 Å². The zero-order chi connectivity index (χ0) is 26.5. The molecule has 2 aliphatic rings. The van der Waals surface area contributed by atoms with Crippen molar-refractivity contribution >= 4 is 11.9 Å². The van der Waals surface area contributed by atoms with Crippen molar-refractivity contribution in [3.63, 3.8) is 0 Å². The van der Waals surface area contributed by atoms with Gasteiger partial charge in [-0.2, -0.15) is 0 Å². The molecule has 6 nitrogen and oxygen atoms in total. The molecule has 4 rings (SSSR count). The molecule has 194 valence electrons. The molecule has 2 aromatic carbocycles. The van der Waals surface area contributed by atoms with Crippen LogP contribution >= 0.6 is 0 Å². The Bertz CT molecular complexity index is 1040. The largest absolute Gasteiger partial charge is 0.457 e. The average molecular weight is 493 g/mol. The Morgan fingerprint density at radius 2 is 0.917 bits per heavy atom. The SMILES string of the molecule is CC1(C)CC(OC(=O)c2ccc(-c3ccc(C(=O)OC4CC(C)(C)NC4(C)C)cc3)cc2)C(C)(C)N1. The van der Waals surface area contributed by atoms with E-state index in [4.69, 9.17) is 9.47 Å². The van der Waals surface area contributed by atoms with E-state index in [9.17, 15) is 9.59 Å². The molecular weight excluding hydrogens is 452 g/mol. The van der Waals surface area contributed by atoms with Crippen molar-refractivity contribution < 1.29 is 19.1 Å². The minimum atomic E-state index is -0.315. The molecule has 0 aliphatic carbocycles. The van der Waals surface area contributed by atoms with E-state index in [0.29, 0.717) is 11.1 Å². The monoisotopic (exact) mass is 492 g/mol. The van der Waals surface area contributed by atoms with Crippen LogP contribution in [0.3, 0.4) is 0 Å². The first-order valence-electron chi connectivity index (χ1n) is 12.8. The molecule has 2 saturated heterocycles. The van der Waals surface area contributed by atoms with Crippen LogP contribution in [-0.4, -0.2) is 46.3 Å². The van der Waals surface area contributed by atoms with Gasteiger partial charge in [-0.25, -0.2) is 9.59 Å². The quantitative estimate of drug-likeness (QED) is 0.537. The van der Waals surface area contributed by atoms with Crippen molar-refractivity contribution in [1.82, 2.24) is 10.6 Å². The van der Waals surface area contributed by atoms with E-state index in [2.05, 4.69) is 66.0 Å². The van der Waals surface area contributed by atoms with Gasteiger partial charge < -0.3 is 20.1 Å². The van der Waals surface area contributed by atoms with Gasteiger partial charge in [0.1, 0.15) is 12.2 Å². The fourth-order valence-corrected chi connectivity index (χ4v) is 5.81. The molecule has 0 amide bonds. The topological polar surface area (TPSA) is 76.7 Å². The lowest BCUT2D eigenvalue weighted by atomic mass is 9.97. The maximum Gasteiger partial charge on any atom is 0.338 e. The summed E-state index contributed by atoms with van der Waals surface area (Å²) < 4.78 is 11.7. The predicted molar refractivity (Wildman–Crippen MR) is 142 cm³/mol. The van der Waals surface area contributed by atoms with Crippen molar-refractivity contribution in [3.05, 3.63) is 59.7 Å². The number of hydrogen-bond acceptors (Lipinski definition) is 6. The molecule has 2 atom stereocenters. The fraction of sp³-hybridized carbons (Fsp3) is 0.533. The number of carbonyl (C=O) groups excluding carboxylic acids is 2. The standard InChI is InChI=1S/C30H40N2O4/c1-27(2)17-23(29(5,6)31-27)35-25(33)21-13-9-19(10-14-21)20-11-15-22(16-12-20)26(34)36-24-18-28(3,4)32-30(24,7)8/h9-16,23-24,31-32H,17-18H2,1-8H3. The second-order valence-electron chi connectivity index (χ2n) is 12.8. The predicted octanol–water partition coefficient (Wildman–Crippen LogP) is 5.51. The van der Waals surface area contributed by atoms with Gasteiger partial charge in [0.2, 0.25) is 0 Å². The van der Waals surface area contributed by atoms with Crippen LogP contribution in [0.4, 0.5) is 0 Å². The molecule has 2 unspecified atom stereocenters. The van der Waals surface area contributed by atoms with Gasteiger partial charge in [0.05, 0.1) is 22.2 Å². The molecule has 0 spiro atoms. The van der Waals surface area contributed by atoms with E-state index in [0.717, 1.165) is 24.0 Å². The molecule has 0 bridgehead atoms. The van der Waals surface area contributed by atoms with E-state index >= 15 is 0 Å². The van der Waals surface area contributed by atoms with Crippen LogP contribution in [0.1, 0.15) is 88.9 Å². The van der Waals surface area contributed by atoms with E-state index in [1.165, 1.54) is 0 Å². The summed E-state index contributed by atoms with van der Waals surface area (Å²) in [5.74, 6) is -0.630. The zero-order valence-electron chi connectivity index (χ0n) is 22.8. The number of hydrogen-bond donors (Lipinski definition) is 2. The highest BCUT2D eigenvalue weighted by atomic mass is 16.6. The minimum Gasteiger partial charge on any atom is -0.457 e. The highest BCUT2D eigenvalue weighted by molar-refractivity contribution is 5.91. The summed E-state index contributed by atoms with van der Waals surface area (Å²) in [4.78, 5) is 25.6. The molecule has 0 saturated carbocycles. The van der Waals surface area contributed by atoms with E-state index in [1.807, 2.05) is 24.3 Å². The van der Waals surface area contributed by atoms with Gasteiger partial charge in [0, 0.05) is 23.9 Å². The smallest absolute Gasteiger partial charge is 0.338 e. The van der Waals surface area contributed by atoms with Gasteiger partial charge >= 0.3 is 11.9 Å². The van der Waals surface area contributed by atoms with Crippen LogP contribution in [0, 0.1) is 0 Å². The van der Waals surface area contributed by atoms with Crippen LogP contribution in [0.2, 0.25) is 0 Å². The van der Waals surface area contributed by atoms with Gasteiger partial charge in [-0.3, -0.25) is 0 Å². The maximum absolute atomic E-state index is 12.8. The Morgan fingerprint density at radius 3 is 1.17 bits per heavy atom. The molecule has 2 aliphatic heterocycles. The summed E-state index contributed by atoms with van der Waals surface area (Å²) in [6, 6.07) is 14.8. The summed E-state index contributed by atoms with van der Waals surface area (Å²) >= 11 is 0. The van der Waals surface area contributed by atoms with E-state index < -0.39 is 0 Å². The molecule has 2 fully saturated rings. The zero-order valence-corrected chi connectivity index (χ0v) is 22.8. The van der Waals surface area contributed by atoms with Gasteiger partial charge in [0.15, 0.2) is 0 Å². The van der Waals surface area contributed by atoms with Crippen molar-refractivity contribution in [2.45, 2.75) is 103 Å². The Morgan fingerprint density at radius 1 is 0.611 bits per heavy atom. The highest BCUT2D eigenvalue weighted by Crippen LogP contribution is 2.34. The second-order valence-corrected chi connectivity index (χ2v) is 12.8. The van der Waals surface area contributed by atoms with E-state index in [1.54, 1.807) is 24.3 Å². The maximum atomic E-state index is 12.8. The summed E-state index contributed by atoms with van der Waals surface area (Å²) in [7, 11) is 0. The normalized spacial score (nSPS) is 25.3. The number of ether oxygens (including phenoxy) is 2. The number of benzene rings is 2. The lowest BCUT2D eigenvalue weighted by Gasteiger charge is -2.28. The van der Waals surface area contributed by atoms with Gasteiger partial charge in [0.25, 0.3) is 0 Å². The molecular formula is C30H40N2O4. The summed E-state index contributed by atoms with van der Waals surface area (Å²) in [6.45, 7) is 16.7. The molecule has 6 heteroatoms. The third-order valence-electron chi connectivity index (χ3n) is 7.40. The Kier molecular flexibility index (Phi) is 6.59. The fourth-order valence-electron chi connectivity index (χ4n) is 5.81. The van der Waals surface area contributed by atoms with Crippen molar-refractivity contribution in [1.29, 1.82) is 0 Å². The second kappa shape index (κ2) is 9.00. The van der Waals surface area contributed by atoms with Crippen LogP contribution in [0.15, 0.2) is 48.5 Å². The third-order valence-corrected chi connectivity index (χ3v) is 7.40. The first kappa shape index (κ1) is 26.4. The third kappa shape index (κ3) is 5.65. The minimum absolute atomic E-state index is 0.0718. The molecule has 2 N–H and O–H groups in total. The van der Waals surface area contributed by atoms with Crippen molar-refractivity contribution in [2.24, 2.45) is 0 Å². The van der Waals surface area contributed by atoms with Crippen LogP contribution < -0.4 is 10.6 Å². The molecule has 36 heavy (non-hydrogen) atoms. The summed E-state index contributed by atoms with van der Waals surface area (Å²) in [6.07, 6.45) is 1.16. The lowest BCUT2D eigenvalue weighted by Crippen LogP contribution is -2.47. The Balaban J connectivity index is 1.39. The first-order valence-corrected chi connectivity index (χ1v) is 12.8. The van der Waals surface area contributed by atoms with Crippen LogP contribution in [0.5, 0.6) is 0 Å². The molecule has 2 aromatic rings. The number of carbonyl (C=O) groups is 2. The summed E-state index contributed by atoms with van der Waals surface area (Å²) in [5.41, 5.74) is 2.27. The lowest BCUT2D eigenvalue weighted by molar-refractivity contribution is 0.0165. The Labute approximate surface area is 215 Å². The van der Waals surface area contributed by atoms with E-state index in [-0.39, 0.29) is 46.3 Å². The first-order chi connectivity index (χ1) is 16.6. The Hall–Kier alpha value is -2.70. The highest BCUT2D eigenvalue weighted by Gasteiger charge is 2.47. The van der Waals surface area contributed by atoms with Crippen LogP contribution in [-0.2, 0) is 9.47 Å². The van der Waals surface area contributed by atoms with Gasteiger partial charge in [-0.05, 0) is 90.8 Å². The number of nitrogens with one attached hydrogen (secondary N) is 2. The summed E-state index contributed by atoms with van der Waals surface area (Å²) in [5, 5.41) is 7.07. The number of esters is 2. The molecule has 0 aromatic heterocycles. The van der Waals surface area contributed by atoms with Crippen molar-refractivity contribution in [3.8, 4) is 11.1 Å².